The van der Waals surface area contributed by atoms with Crippen LogP contribution in [0.4, 0.5) is 14.5 Å². The summed E-state index contributed by atoms with van der Waals surface area (Å²) in [6, 6.07) is 4.88. The van der Waals surface area contributed by atoms with Gasteiger partial charge in [0.05, 0.1) is 28.6 Å². The van der Waals surface area contributed by atoms with E-state index in [-0.39, 0.29) is 15.3 Å². The van der Waals surface area contributed by atoms with Crippen LogP contribution in [-0.4, -0.2) is 23.2 Å². The smallest absolute Gasteiger partial charge is 0.333 e. The molecule has 0 atom stereocenters. The lowest BCUT2D eigenvalue weighted by Crippen LogP contribution is -2.12. The van der Waals surface area contributed by atoms with Crippen molar-refractivity contribution in [3.8, 4) is 0 Å². The number of nitrogens with one attached hydrogen (secondary N) is 2. The molecule has 10 heteroatoms. The summed E-state index contributed by atoms with van der Waals surface area (Å²) in [6.45, 7) is -2.91. The topological polar surface area (TPSA) is 79.8 Å². The van der Waals surface area contributed by atoms with Gasteiger partial charge in [-0.3, -0.25) is 4.72 Å². The number of aromatic nitrogens is 3. The van der Waals surface area contributed by atoms with Gasteiger partial charge in [-0.25, -0.2) is 13.1 Å². The standard InChI is InChI=1S/C12H9ClF2N4O2S/c13-9-5-16-11-8(9)2-1-3-10(11)18-22(20,21)7-4-17-19(6-7)12(14)15/h1-6,12,16,18H. The van der Waals surface area contributed by atoms with Crippen LogP contribution in [0.1, 0.15) is 6.55 Å². The first kappa shape index (κ1) is 14.8. The van der Waals surface area contributed by atoms with Crippen molar-refractivity contribution in [2.45, 2.75) is 11.4 Å². The molecule has 0 radical (unpaired) electrons. The molecule has 0 aliphatic carbocycles. The number of sulfonamides is 1. The zero-order valence-electron chi connectivity index (χ0n) is 10.8. The minimum atomic E-state index is -4.04. The van der Waals surface area contributed by atoms with E-state index >= 15 is 0 Å². The minimum Gasteiger partial charge on any atom is -0.358 e. The summed E-state index contributed by atoms with van der Waals surface area (Å²) in [4.78, 5) is 2.50. The molecule has 0 aliphatic heterocycles. The van der Waals surface area contributed by atoms with Gasteiger partial charge in [-0.15, -0.1) is 0 Å². The maximum absolute atomic E-state index is 12.5. The zero-order valence-corrected chi connectivity index (χ0v) is 12.4. The predicted octanol–water partition coefficient (Wildman–Crippen LogP) is 3.21. The number of anilines is 1. The van der Waals surface area contributed by atoms with Gasteiger partial charge in [-0.05, 0) is 6.07 Å². The molecule has 6 nitrogen and oxygen atoms in total. The highest BCUT2D eigenvalue weighted by Gasteiger charge is 2.20. The average molecular weight is 347 g/mol. The van der Waals surface area contributed by atoms with Crippen LogP contribution in [0.5, 0.6) is 0 Å². The van der Waals surface area contributed by atoms with Gasteiger partial charge in [-0.1, -0.05) is 23.7 Å². The van der Waals surface area contributed by atoms with Gasteiger partial charge in [0.2, 0.25) is 0 Å². The highest BCUT2D eigenvalue weighted by atomic mass is 35.5. The van der Waals surface area contributed by atoms with Crippen LogP contribution < -0.4 is 4.72 Å². The fourth-order valence-electron chi connectivity index (χ4n) is 1.97. The second-order valence-electron chi connectivity index (χ2n) is 4.40. The summed E-state index contributed by atoms with van der Waals surface area (Å²) in [5.74, 6) is 0. The Labute approximate surface area is 128 Å². The molecule has 2 N–H and O–H groups in total. The number of benzene rings is 1. The van der Waals surface area contributed by atoms with Crippen molar-refractivity contribution in [2.75, 3.05) is 4.72 Å². The lowest BCUT2D eigenvalue weighted by molar-refractivity contribution is 0.0564. The van der Waals surface area contributed by atoms with Crippen molar-refractivity contribution in [1.29, 1.82) is 0 Å². The van der Waals surface area contributed by atoms with Gasteiger partial charge >= 0.3 is 6.55 Å². The quantitative estimate of drug-likeness (QED) is 0.761. The number of nitrogens with zero attached hydrogens (tertiary/aromatic N) is 2. The minimum absolute atomic E-state index is 0.259. The molecule has 3 aromatic rings. The Kier molecular flexibility index (Phi) is 3.53. The number of hydrogen-bond donors (Lipinski definition) is 2. The van der Waals surface area contributed by atoms with Crippen molar-refractivity contribution < 1.29 is 17.2 Å². The van der Waals surface area contributed by atoms with Crippen molar-refractivity contribution in [1.82, 2.24) is 14.8 Å². The predicted molar refractivity (Wildman–Crippen MR) is 77.6 cm³/mol. The summed E-state index contributed by atoms with van der Waals surface area (Å²) in [6.07, 6.45) is 3.14. The Morgan fingerprint density at radius 1 is 1.36 bits per heavy atom. The van der Waals surface area contributed by atoms with Gasteiger partial charge < -0.3 is 4.98 Å². The number of alkyl halides is 2. The van der Waals surface area contributed by atoms with E-state index in [1.165, 1.54) is 12.3 Å². The Hall–Kier alpha value is -2.13. The first-order valence-electron chi connectivity index (χ1n) is 5.99. The Morgan fingerprint density at radius 3 is 2.82 bits per heavy atom. The lowest BCUT2D eigenvalue weighted by atomic mass is 10.2. The molecule has 0 amide bonds. The second kappa shape index (κ2) is 5.25. The van der Waals surface area contributed by atoms with E-state index < -0.39 is 16.6 Å². The highest BCUT2D eigenvalue weighted by molar-refractivity contribution is 7.92. The van der Waals surface area contributed by atoms with Crippen LogP contribution in [0.15, 0.2) is 41.7 Å². The van der Waals surface area contributed by atoms with E-state index in [9.17, 15) is 17.2 Å². The third kappa shape index (κ3) is 2.53. The molecular formula is C12H9ClF2N4O2S. The zero-order chi connectivity index (χ0) is 15.9. The first-order chi connectivity index (χ1) is 10.4. The van der Waals surface area contributed by atoms with Gasteiger partial charge in [0.25, 0.3) is 10.0 Å². The number of fused-ring (bicyclic) bond motifs is 1. The summed E-state index contributed by atoms with van der Waals surface area (Å²) in [7, 11) is -4.04. The number of hydrogen-bond acceptors (Lipinski definition) is 3. The molecule has 0 spiro atoms. The highest BCUT2D eigenvalue weighted by Crippen LogP contribution is 2.29. The Bertz CT molecular complexity index is 936. The van der Waals surface area contributed by atoms with Crippen molar-refractivity contribution in [2.24, 2.45) is 0 Å². The van der Waals surface area contributed by atoms with E-state index in [0.717, 1.165) is 12.4 Å². The SMILES string of the molecule is O=S(=O)(Nc1cccc2c(Cl)c[nH]c12)c1cnn(C(F)F)c1. The largest absolute Gasteiger partial charge is 0.358 e. The second-order valence-corrected chi connectivity index (χ2v) is 6.49. The molecule has 2 heterocycles. The third-order valence-electron chi connectivity index (χ3n) is 3.00. The van der Waals surface area contributed by atoms with Crippen LogP contribution in [0.2, 0.25) is 5.02 Å². The van der Waals surface area contributed by atoms with Gasteiger partial charge in [-0.2, -0.15) is 13.9 Å². The summed E-state index contributed by atoms with van der Waals surface area (Å²) in [5.41, 5.74) is 0.756. The van der Waals surface area contributed by atoms with Crippen LogP contribution >= 0.6 is 11.6 Å². The van der Waals surface area contributed by atoms with Crippen LogP contribution in [0, 0.1) is 0 Å². The molecule has 0 unspecified atom stereocenters. The van der Waals surface area contributed by atoms with Crippen LogP contribution in [0.25, 0.3) is 10.9 Å². The number of para-hydroxylation sites is 1. The van der Waals surface area contributed by atoms with E-state index in [2.05, 4.69) is 14.8 Å². The van der Waals surface area contributed by atoms with Crippen LogP contribution in [-0.2, 0) is 10.0 Å². The molecule has 0 fully saturated rings. The maximum Gasteiger partial charge on any atom is 0.333 e. The first-order valence-corrected chi connectivity index (χ1v) is 7.85. The molecule has 0 aliphatic rings. The molecule has 116 valence electrons. The van der Waals surface area contributed by atoms with Gasteiger partial charge in [0, 0.05) is 11.6 Å². The fraction of sp³-hybridized carbons (Fsp3) is 0.0833. The van der Waals surface area contributed by atoms with Gasteiger partial charge in [0.15, 0.2) is 0 Å². The Morgan fingerprint density at radius 2 is 2.14 bits per heavy atom. The number of aromatic amines is 1. The third-order valence-corrected chi connectivity index (χ3v) is 4.63. The monoisotopic (exact) mass is 346 g/mol. The molecule has 22 heavy (non-hydrogen) atoms. The van der Waals surface area contributed by atoms with E-state index in [1.807, 2.05) is 0 Å². The maximum atomic E-state index is 12.5. The molecule has 0 saturated carbocycles. The molecule has 3 rings (SSSR count). The van der Waals surface area contributed by atoms with E-state index in [0.29, 0.717) is 15.9 Å². The van der Waals surface area contributed by atoms with E-state index in [1.54, 1.807) is 12.1 Å². The number of halogens is 3. The van der Waals surface area contributed by atoms with Crippen molar-refractivity contribution in [3.05, 3.63) is 41.8 Å². The van der Waals surface area contributed by atoms with Gasteiger partial charge in [0.1, 0.15) is 4.90 Å². The normalized spacial score (nSPS) is 12.2. The molecule has 1 aromatic carbocycles. The van der Waals surface area contributed by atoms with Crippen molar-refractivity contribution in [3.63, 3.8) is 0 Å². The summed E-state index contributed by atoms with van der Waals surface area (Å²) >= 11 is 5.97. The number of H-pyrrole nitrogens is 1. The molecular weight excluding hydrogens is 338 g/mol. The summed E-state index contributed by atoms with van der Waals surface area (Å²) in [5, 5.41) is 4.40. The van der Waals surface area contributed by atoms with E-state index in [4.69, 9.17) is 11.6 Å². The fourth-order valence-corrected chi connectivity index (χ4v) is 3.20. The summed E-state index contributed by atoms with van der Waals surface area (Å²) < 4.78 is 52.0. The number of rotatable bonds is 4. The lowest BCUT2D eigenvalue weighted by Gasteiger charge is -2.07. The molecule has 2 aromatic heterocycles. The molecule has 0 saturated heterocycles. The van der Waals surface area contributed by atoms with Crippen LogP contribution in [0.3, 0.4) is 0 Å². The Balaban J connectivity index is 1.99. The average Bonchev–Trinajstić information content (AvgIpc) is 3.07. The molecule has 0 bridgehead atoms. The van der Waals surface area contributed by atoms with Crippen molar-refractivity contribution >= 4 is 38.2 Å².